The van der Waals surface area contributed by atoms with Crippen LogP contribution in [0, 0.1) is 0 Å². The van der Waals surface area contributed by atoms with E-state index in [4.69, 9.17) is 9.47 Å². The van der Waals surface area contributed by atoms with Gasteiger partial charge in [-0.2, -0.15) is 0 Å². The lowest BCUT2D eigenvalue weighted by Crippen LogP contribution is -2.49. The molecule has 3 N–H and O–H groups in total. The summed E-state index contributed by atoms with van der Waals surface area (Å²) in [7, 11) is 5.46. The normalized spacial score (nSPS) is 17.4. The third-order valence-corrected chi connectivity index (χ3v) is 8.37. The molecular weight excluding hydrogens is 624 g/mol. The second kappa shape index (κ2) is 13.8. The van der Waals surface area contributed by atoms with Gasteiger partial charge in [-0.25, -0.2) is 9.78 Å². The molecule has 3 heterocycles. The first-order valence-electron chi connectivity index (χ1n) is 16.0. The van der Waals surface area contributed by atoms with Crippen LogP contribution in [0.1, 0.15) is 73.9 Å². The molecule has 0 radical (unpaired) electrons. The van der Waals surface area contributed by atoms with Crippen molar-refractivity contribution >= 4 is 29.6 Å². The number of amides is 3. The topological polar surface area (TPSA) is 152 Å². The van der Waals surface area contributed by atoms with E-state index in [1.165, 1.54) is 6.07 Å². The largest absolute Gasteiger partial charge is 0.480 e. The lowest BCUT2D eigenvalue weighted by molar-refractivity contribution is -0.111. The predicted octanol–water partition coefficient (Wildman–Crippen LogP) is 4.50. The number of hydrogen-bond acceptors (Lipinski definition) is 9. The number of ether oxygens (including phenoxy) is 2. The molecule has 0 spiro atoms. The lowest BCUT2D eigenvalue weighted by atomic mass is 9.81. The molecule has 0 aliphatic heterocycles. The van der Waals surface area contributed by atoms with Crippen LogP contribution in [0.4, 0.5) is 10.5 Å². The van der Waals surface area contributed by atoms with Crippen molar-refractivity contribution in [2.75, 3.05) is 39.6 Å². The maximum Gasteiger partial charge on any atom is 0.320 e. The van der Waals surface area contributed by atoms with E-state index in [0.29, 0.717) is 59.1 Å². The standard InChI is InChI=1S/C36H44N8O5/c1-34(2,3)29-20-23(19-27(39-29)31(46)37-17-18-43(6)7)38-33(47)40-36(22-45)16-15-28(25-11-9-10-12-26(25)36)49-24-13-14-30-41-42-32(44(30)21-24)35(4,5)48-8/h9-16,19-22,28H,17-18H2,1-8H3,(H,37,46)(H2,38,39,40,47)/t28-,36-/m1/s1. The maximum absolute atomic E-state index is 13.6. The molecule has 3 aromatic heterocycles. The second-order valence-electron chi connectivity index (χ2n) is 13.8. The molecule has 4 aromatic rings. The fraction of sp³-hybridized carbons (Fsp3) is 0.389. The number of hydrogen-bond donors (Lipinski definition) is 3. The number of pyridine rings is 2. The summed E-state index contributed by atoms with van der Waals surface area (Å²) in [5.74, 6) is 0.812. The monoisotopic (exact) mass is 668 g/mol. The summed E-state index contributed by atoms with van der Waals surface area (Å²) < 4.78 is 13.9. The van der Waals surface area contributed by atoms with Gasteiger partial charge in [0.15, 0.2) is 17.8 Å². The van der Waals surface area contributed by atoms with E-state index in [1.807, 2.05) is 70.1 Å². The van der Waals surface area contributed by atoms with E-state index in [9.17, 15) is 14.4 Å². The van der Waals surface area contributed by atoms with Crippen LogP contribution >= 0.6 is 0 Å². The van der Waals surface area contributed by atoms with Crippen LogP contribution in [0.2, 0.25) is 0 Å². The fourth-order valence-corrected chi connectivity index (χ4v) is 5.42. The molecule has 13 heteroatoms. The Morgan fingerprint density at radius 2 is 1.82 bits per heavy atom. The fourth-order valence-electron chi connectivity index (χ4n) is 5.42. The van der Waals surface area contributed by atoms with Crippen LogP contribution in [0.3, 0.4) is 0 Å². The lowest BCUT2D eigenvalue weighted by Gasteiger charge is -2.34. The smallest absolute Gasteiger partial charge is 0.320 e. The predicted molar refractivity (Wildman–Crippen MR) is 186 cm³/mol. The summed E-state index contributed by atoms with van der Waals surface area (Å²) in [5.41, 5.74) is 0.498. The molecule has 13 nitrogen and oxygen atoms in total. The molecular formula is C36H44N8O5. The molecule has 3 amide bonds. The summed E-state index contributed by atoms with van der Waals surface area (Å²) in [6, 6.07) is 13.5. The molecule has 5 rings (SSSR count). The first kappa shape index (κ1) is 35.2. The molecule has 0 bridgehead atoms. The zero-order valence-electron chi connectivity index (χ0n) is 29.2. The van der Waals surface area contributed by atoms with Crippen LogP contribution in [0.25, 0.3) is 5.65 Å². The Morgan fingerprint density at radius 1 is 1.06 bits per heavy atom. The van der Waals surface area contributed by atoms with Gasteiger partial charge in [0.05, 0.1) is 6.20 Å². The molecule has 0 saturated carbocycles. The number of nitrogens with one attached hydrogen (secondary N) is 3. The Bertz CT molecular complexity index is 1890. The van der Waals surface area contributed by atoms with E-state index >= 15 is 0 Å². The minimum Gasteiger partial charge on any atom is -0.480 e. The van der Waals surface area contributed by atoms with Gasteiger partial charge in [-0.1, -0.05) is 45.0 Å². The number of urea groups is 1. The summed E-state index contributed by atoms with van der Waals surface area (Å²) >= 11 is 0. The zero-order valence-corrected chi connectivity index (χ0v) is 29.2. The Labute approximate surface area is 286 Å². The highest BCUT2D eigenvalue weighted by molar-refractivity contribution is 5.96. The average molecular weight is 669 g/mol. The highest BCUT2D eigenvalue weighted by Crippen LogP contribution is 2.37. The Kier molecular flexibility index (Phi) is 9.88. The number of nitrogens with zero attached hydrogens (tertiary/aromatic N) is 5. The van der Waals surface area contributed by atoms with Gasteiger partial charge < -0.3 is 30.3 Å². The highest BCUT2D eigenvalue weighted by Gasteiger charge is 2.38. The Hall–Kier alpha value is -5.14. The number of benzene rings is 1. The number of fused-ring (bicyclic) bond motifs is 2. The number of carbonyl (C=O) groups is 3. The number of aldehydes is 1. The van der Waals surface area contributed by atoms with Crippen molar-refractivity contribution in [3.8, 4) is 5.75 Å². The van der Waals surface area contributed by atoms with Crippen LogP contribution in [-0.4, -0.2) is 77.0 Å². The van der Waals surface area contributed by atoms with Gasteiger partial charge in [0, 0.05) is 42.6 Å². The molecule has 1 aliphatic carbocycles. The maximum atomic E-state index is 13.6. The van der Waals surface area contributed by atoms with Gasteiger partial charge in [0.25, 0.3) is 5.91 Å². The van der Waals surface area contributed by atoms with Crippen molar-refractivity contribution in [2.24, 2.45) is 0 Å². The third kappa shape index (κ3) is 7.63. The molecule has 1 aromatic carbocycles. The van der Waals surface area contributed by atoms with Crippen molar-refractivity contribution in [1.82, 2.24) is 35.1 Å². The van der Waals surface area contributed by atoms with E-state index in [-0.39, 0.29) is 11.6 Å². The van der Waals surface area contributed by atoms with Gasteiger partial charge in [0.1, 0.15) is 28.7 Å². The van der Waals surface area contributed by atoms with E-state index in [2.05, 4.69) is 31.1 Å². The SMILES string of the molecule is COC(C)(C)c1nnc2ccc(O[C@@H]3C=C[C@](C=O)(NC(=O)Nc4cc(C(=O)NCCN(C)C)nc(C(C)(C)C)c4)c4ccccc43)cn12. The number of anilines is 1. The van der Waals surface area contributed by atoms with Crippen LogP contribution in [0.5, 0.6) is 5.75 Å². The first-order valence-corrected chi connectivity index (χ1v) is 16.0. The quantitative estimate of drug-likeness (QED) is 0.155. The molecule has 0 unspecified atom stereocenters. The van der Waals surface area contributed by atoms with Crippen molar-refractivity contribution in [1.29, 1.82) is 0 Å². The minimum atomic E-state index is -1.49. The zero-order chi connectivity index (χ0) is 35.6. The van der Waals surface area contributed by atoms with E-state index in [0.717, 1.165) is 0 Å². The van der Waals surface area contributed by atoms with Crippen LogP contribution < -0.4 is 20.7 Å². The van der Waals surface area contributed by atoms with Crippen molar-refractivity contribution < 1.29 is 23.9 Å². The molecule has 49 heavy (non-hydrogen) atoms. The number of aromatic nitrogens is 4. The summed E-state index contributed by atoms with van der Waals surface area (Å²) in [5, 5.41) is 17.1. The highest BCUT2D eigenvalue weighted by atomic mass is 16.5. The van der Waals surface area contributed by atoms with Gasteiger partial charge in [-0.15, -0.1) is 10.2 Å². The van der Waals surface area contributed by atoms with Crippen molar-refractivity contribution in [2.45, 2.75) is 57.3 Å². The van der Waals surface area contributed by atoms with Gasteiger partial charge >= 0.3 is 6.03 Å². The van der Waals surface area contributed by atoms with Gasteiger partial charge in [-0.05, 0) is 69.9 Å². The number of carbonyl (C=O) groups excluding carboxylic acids is 3. The number of rotatable bonds is 11. The van der Waals surface area contributed by atoms with Gasteiger partial charge in [0.2, 0.25) is 0 Å². The molecule has 258 valence electrons. The summed E-state index contributed by atoms with van der Waals surface area (Å²) in [6.07, 6.45) is 5.29. The van der Waals surface area contributed by atoms with Gasteiger partial charge in [-0.3, -0.25) is 14.0 Å². The molecule has 1 aliphatic rings. The second-order valence-corrected chi connectivity index (χ2v) is 13.8. The summed E-state index contributed by atoms with van der Waals surface area (Å²) in [6.45, 7) is 10.8. The summed E-state index contributed by atoms with van der Waals surface area (Å²) in [4.78, 5) is 45.9. The van der Waals surface area contributed by atoms with Crippen molar-refractivity contribution in [3.05, 3.63) is 95.2 Å². The molecule has 0 fully saturated rings. The number of likely N-dealkylation sites (N-methyl/N-ethyl adjacent to an activating group) is 1. The molecule has 0 saturated heterocycles. The van der Waals surface area contributed by atoms with Crippen LogP contribution in [0.15, 0.2) is 66.9 Å². The Morgan fingerprint density at radius 3 is 2.51 bits per heavy atom. The molecule has 2 atom stereocenters. The van der Waals surface area contributed by atoms with Crippen LogP contribution in [-0.2, 0) is 26.1 Å². The third-order valence-electron chi connectivity index (χ3n) is 8.37. The van der Waals surface area contributed by atoms with E-state index in [1.54, 1.807) is 55.8 Å². The number of methoxy groups -OCH3 is 1. The minimum absolute atomic E-state index is 0.178. The Balaban J connectivity index is 1.39. The van der Waals surface area contributed by atoms with E-state index < -0.39 is 28.7 Å². The first-order chi connectivity index (χ1) is 23.2. The average Bonchev–Trinajstić information content (AvgIpc) is 3.49. The van der Waals surface area contributed by atoms with Crippen molar-refractivity contribution in [3.63, 3.8) is 0 Å².